The summed E-state index contributed by atoms with van der Waals surface area (Å²) in [5, 5.41) is 6.84. The molecule has 1 amide bonds. The van der Waals surface area contributed by atoms with Gasteiger partial charge in [0.25, 0.3) is 0 Å². The van der Waals surface area contributed by atoms with Crippen LogP contribution in [0.15, 0.2) is 47.2 Å². The molecule has 2 nitrogen and oxygen atoms in total. The molecule has 0 saturated carbocycles. The lowest BCUT2D eigenvalue weighted by Crippen LogP contribution is -2.03. The van der Waals surface area contributed by atoms with Gasteiger partial charge >= 0.3 is 0 Å². The smallest absolute Gasteiger partial charge is 0.228 e. The van der Waals surface area contributed by atoms with Crippen LogP contribution in [0.1, 0.15) is 5.56 Å². The first-order valence-corrected chi connectivity index (χ1v) is 5.65. The molecule has 0 radical (unpaired) electrons. The molecule has 0 aliphatic carbocycles. The molecule has 2 aromatic rings. The molecule has 2 heterocycles. The molecule has 1 aromatic carbocycles. The number of anilines is 1. The van der Waals surface area contributed by atoms with E-state index in [2.05, 4.69) is 5.32 Å². The highest BCUT2D eigenvalue weighted by Gasteiger charge is 2.15. The number of nitrogens with one attached hydrogen (secondary N) is 1. The van der Waals surface area contributed by atoms with Crippen molar-refractivity contribution in [1.82, 2.24) is 0 Å². The average Bonchev–Trinajstić information content (AvgIpc) is 2.87. The van der Waals surface area contributed by atoms with E-state index in [-0.39, 0.29) is 5.91 Å². The Bertz CT molecular complexity index is 392. The van der Waals surface area contributed by atoms with E-state index in [9.17, 15) is 4.79 Å². The van der Waals surface area contributed by atoms with E-state index in [0.717, 1.165) is 11.3 Å². The van der Waals surface area contributed by atoms with Gasteiger partial charge in [-0.15, -0.1) is 0 Å². The number of thiophene rings is 1. The van der Waals surface area contributed by atoms with Gasteiger partial charge in [-0.2, -0.15) is 11.3 Å². The summed E-state index contributed by atoms with van der Waals surface area (Å²) in [6, 6.07) is 11.8. The lowest BCUT2D eigenvalue weighted by Gasteiger charge is -1.93. The molecular formula is C12H11NOS. The molecule has 0 unspecified atom stereocenters. The number of hydrogen-bond donors (Lipinski definition) is 1. The molecule has 0 atom stereocenters. The van der Waals surface area contributed by atoms with Gasteiger partial charge in [0.1, 0.15) is 0 Å². The minimum atomic E-state index is 0.0983. The number of amides is 1. The van der Waals surface area contributed by atoms with Gasteiger partial charge < -0.3 is 5.32 Å². The average molecular weight is 217 g/mol. The summed E-state index contributed by atoms with van der Waals surface area (Å²) in [7, 11) is 0. The second-order valence-electron chi connectivity index (χ2n) is 3.18. The third-order valence-corrected chi connectivity index (χ3v) is 2.70. The van der Waals surface area contributed by atoms with Crippen LogP contribution in [0.25, 0.3) is 0 Å². The van der Waals surface area contributed by atoms with Crippen LogP contribution < -0.4 is 5.32 Å². The predicted octanol–water partition coefficient (Wildman–Crippen LogP) is 2.93. The third kappa shape index (κ3) is 2.67. The van der Waals surface area contributed by atoms with E-state index < -0.39 is 0 Å². The summed E-state index contributed by atoms with van der Waals surface area (Å²) >= 11 is 1.71. The molecule has 0 spiro atoms. The van der Waals surface area contributed by atoms with Crippen molar-refractivity contribution in [3.8, 4) is 0 Å². The van der Waals surface area contributed by atoms with E-state index in [0.29, 0.717) is 6.42 Å². The van der Waals surface area contributed by atoms with Gasteiger partial charge in [-0.1, -0.05) is 30.3 Å². The molecule has 76 valence electrons. The number of carbonyl (C=O) groups is 1. The van der Waals surface area contributed by atoms with Crippen molar-refractivity contribution in [3.05, 3.63) is 52.7 Å². The normalized spacial score (nSPS) is 12.4. The van der Waals surface area contributed by atoms with Crippen LogP contribution in [0.5, 0.6) is 0 Å². The summed E-state index contributed by atoms with van der Waals surface area (Å²) in [6.07, 6.45) is 0.538. The Hall–Kier alpha value is -1.61. The molecular weight excluding hydrogens is 206 g/mol. The zero-order chi connectivity index (χ0) is 10.5. The van der Waals surface area contributed by atoms with Gasteiger partial charge in [-0.3, -0.25) is 4.79 Å². The Morgan fingerprint density at radius 1 is 1.07 bits per heavy atom. The Kier molecular flexibility index (Phi) is 3.15. The summed E-state index contributed by atoms with van der Waals surface area (Å²) in [4.78, 5) is 10.8. The topological polar surface area (TPSA) is 29.1 Å². The fraction of sp³-hybridized carbons (Fsp3) is 0.0833. The van der Waals surface area contributed by atoms with E-state index in [4.69, 9.17) is 0 Å². The maximum absolute atomic E-state index is 10.8. The van der Waals surface area contributed by atoms with E-state index in [1.807, 2.05) is 47.2 Å². The Morgan fingerprint density at radius 2 is 1.80 bits per heavy atom. The second-order valence-corrected chi connectivity index (χ2v) is 3.99. The summed E-state index contributed by atoms with van der Waals surface area (Å²) in [5.74, 6) is 0.0983. The van der Waals surface area contributed by atoms with Crippen LogP contribution in [-0.2, 0) is 11.2 Å². The molecule has 1 N–H and O–H groups in total. The molecule has 3 heteroatoms. The van der Waals surface area contributed by atoms with Crippen LogP contribution in [0.3, 0.4) is 0 Å². The van der Waals surface area contributed by atoms with Crippen molar-refractivity contribution in [2.24, 2.45) is 0 Å². The van der Waals surface area contributed by atoms with Gasteiger partial charge in [0, 0.05) is 5.69 Å². The van der Waals surface area contributed by atoms with Gasteiger partial charge in [0.2, 0.25) is 5.91 Å². The maximum Gasteiger partial charge on any atom is 0.228 e. The first-order chi connectivity index (χ1) is 7.36. The molecule has 0 saturated heterocycles. The summed E-state index contributed by atoms with van der Waals surface area (Å²) in [6.45, 7) is 0. The number of para-hydroxylation sites is 1. The molecule has 1 aliphatic heterocycles. The van der Waals surface area contributed by atoms with Crippen LogP contribution in [0.4, 0.5) is 5.69 Å². The monoisotopic (exact) mass is 217 g/mol. The summed E-state index contributed by atoms with van der Waals surface area (Å²) < 4.78 is 0. The quantitative estimate of drug-likeness (QED) is 0.722. The van der Waals surface area contributed by atoms with Crippen LogP contribution in [-0.4, -0.2) is 5.91 Å². The van der Waals surface area contributed by atoms with Crippen molar-refractivity contribution >= 4 is 22.9 Å². The molecule has 0 bridgehead atoms. The highest BCUT2D eigenvalue weighted by Crippen LogP contribution is 2.20. The van der Waals surface area contributed by atoms with E-state index in [1.54, 1.807) is 11.3 Å². The Morgan fingerprint density at radius 3 is 2.40 bits per heavy atom. The summed E-state index contributed by atoms with van der Waals surface area (Å²) in [5.41, 5.74) is 2.07. The van der Waals surface area contributed by atoms with Gasteiger partial charge in [0.05, 0.1) is 6.42 Å². The first kappa shape index (κ1) is 9.93. The Labute approximate surface area is 92.6 Å². The molecule has 1 aliphatic rings. The molecule has 3 rings (SSSR count). The first-order valence-electron chi connectivity index (χ1n) is 4.71. The lowest BCUT2D eigenvalue weighted by molar-refractivity contribution is -0.115. The molecule has 15 heavy (non-hydrogen) atoms. The van der Waals surface area contributed by atoms with Crippen molar-refractivity contribution < 1.29 is 4.79 Å². The van der Waals surface area contributed by atoms with Crippen molar-refractivity contribution in [3.63, 3.8) is 0 Å². The number of rotatable bonds is 0. The zero-order valence-electron chi connectivity index (χ0n) is 8.14. The molecule has 0 fully saturated rings. The number of benzene rings is 1. The van der Waals surface area contributed by atoms with Crippen molar-refractivity contribution in [2.75, 3.05) is 5.32 Å². The second kappa shape index (κ2) is 4.75. The highest BCUT2D eigenvalue weighted by molar-refractivity contribution is 7.07. The maximum atomic E-state index is 10.8. The standard InChI is InChI=1S/C8H7NO.C4H4S/c10-8-5-6-3-1-2-4-7(6)9-8;1-2-4-5-3-1/h1-4H,5H2,(H,9,10);1-4H. The van der Waals surface area contributed by atoms with Crippen molar-refractivity contribution in [2.45, 2.75) is 6.42 Å². The van der Waals surface area contributed by atoms with Gasteiger partial charge in [-0.25, -0.2) is 0 Å². The number of carbonyl (C=O) groups excluding carboxylic acids is 1. The highest BCUT2D eigenvalue weighted by atomic mass is 32.1. The number of fused-ring (bicyclic) bond motifs is 1. The van der Waals surface area contributed by atoms with Crippen LogP contribution in [0.2, 0.25) is 0 Å². The minimum absolute atomic E-state index is 0.0983. The fourth-order valence-corrected chi connectivity index (χ4v) is 1.84. The van der Waals surface area contributed by atoms with Gasteiger partial charge in [0.15, 0.2) is 0 Å². The van der Waals surface area contributed by atoms with Crippen LogP contribution in [0, 0.1) is 0 Å². The Balaban J connectivity index is 0.000000144. The van der Waals surface area contributed by atoms with Crippen LogP contribution >= 0.6 is 11.3 Å². The van der Waals surface area contributed by atoms with Gasteiger partial charge in [-0.05, 0) is 22.4 Å². The SMILES string of the molecule is O=C1Cc2ccccc2N1.c1ccsc1. The lowest BCUT2D eigenvalue weighted by atomic mass is 10.2. The molecule has 1 aromatic heterocycles. The largest absolute Gasteiger partial charge is 0.326 e. The van der Waals surface area contributed by atoms with Crippen molar-refractivity contribution in [1.29, 1.82) is 0 Å². The third-order valence-electron chi connectivity index (χ3n) is 2.07. The number of hydrogen-bond acceptors (Lipinski definition) is 2. The van der Waals surface area contributed by atoms with E-state index in [1.165, 1.54) is 0 Å². The van der Waals surface area contributed by atoms with E-state index >= 15 is 0 Å². The predicted molar refractivity (Wildman–Crippen MR) is 63.1 cm³/mol. The zero-order valence-corrected chi connectivity index (χ0v) is 8.96. The fourth-order valence-electron chi connectivity index (χ4n) is 1.39. The minimum Gasteiger partial charge on any atom is -0.326 e.